The van der Waals surface area contributed by atoms with Crippen LogP contribution in [0.15, 0.2) is 57.1 Å². The minimum atomic E-state index is -1.96. The van der Waals surface area contributed by atoms with Crippen molar-refractivity contribution >= 4 is 11.0 Å². The standard InChI is InChI=1S/C26H26O15/c27-8-26(36)9-38-25(23(26)35)37-7-18-20(32)21(33)22(34)24(41-18)39-11-4-14(30)19-15(31)6-16(40-17(19)5-11)10-1-2-12(28)13(29)3-10/h1-6,18,20,23-25,27-30,32-36H,7-9H2/t18?,20-,23-,24-,25?,26+/m0/s1. The predicted octanol–water partition coefficient (Wildman–Crippen LogP) is -0.174. The Labute approximate surface area is 229 Å². The fourth-order valence-electron chi connectivity index (χ4n) is 4.34. The second kappa shape index (κ2) is 10.7. The Morgan fingerprint density at radius 2 is 1.71 bits per heavy atom. The van der Waals surface area contributed by atoms with Crippen molar-refractivity contribution in [3.8, 4) is 34.3 Å². The number of aromatic hydroxyl groups is 3. The summed E-state index contributed by atoms with van der Waals surface area (Å²) in [5.74, 6) is -3.45. The van der Waals surface area contributed by atoms with Gasteiger partial charge in [-0.1, -0.05) is 0 Å². The van der Waals surface area contributed by atoms with Gasteiger partial charge in [0.1, 0.15) is 52.1 Å². The molecule has 0 saturated carbocycles. The van der Waals surface area contributed by atoms with E-state index in [1.54, 1.807) is 0 Å². The molecule has 220 valence electrons. The lowest BCUT2D eigenvalue weighted by atomic mass is 10.0. The van der Waals surface area contributed by atoms with Crippen molar-refractivity contribution < 1.29 is 69.3 Å². The summed E-state index contributed by atoms with van der Waals surface area (Å²) >= 11 is 0. The first-order valence-electron chi connectivity index (χ1n) is 12.1. The zero-order valence-electron chi connectivity index (χ0n) is 20.9. The molecule has 2 aliphatic rings. The second-order valence-electron chi connectivity index (χ2n) is 9.55. The number of phenols is 3. The van der Waals surface area contributed by atoms with Gasteiger partial charge in [0.05, 0.1) is 19.8 Å². The van der Waals surface area contributed by atoms with Crippen molar-refractivity contribution in [3.05, 3.63) is 58.1 Å². The van der Waals surface area contributed by atoms with Gasteiger partial charge in [0, 0.05) is 23.8 Å². The van der Waals surface area contributed by atoms with Crippen LogP contribution in [0.4, 0.5) is 0 Å². The molecule has 1 fully saturated rings. The molecule has 15 heteroatoms. The van der Waals surface area contributed by atoms with E-state index in [-0.39, 0.29) is 33.8 Å². The summed E-state index contributed by atoms with van der Waals surface area (Å²) in [6, 6.07) is 7.01. The largest absolute Gasteiger partial charge is 0.507 e. The first-order chi connectivity index (χ1) is 19.4. The van der Waals surface area contributed by atoms with Crippen LogP contribution in [0.3, 0.4) is 0 Å². The highest BCUT2D eigenvalue weighted by Gasteiger charge is 2.49. The van der Waals surface area contributed by atoms with Crippen LogP contribution in [0.5, 0.6) is 23.0 Å². The third kappa shape index (κ3) is 5.22. The topological polar surface area (TPSA) is 249 Å². The molecule has 41 heavy (non-hydrogen) atoms. The van der Waals surface area contributed by atoms with E-state index in [1.165, 1.54) is 18.2 Å². The second-order valence-corrected chi connectivity index (χ2v) is 9.55. The Bertz CT molecular complexity index is 1550. The van der Waals surface area contributed by atoms with Crippen molar-refractivity contribution in [1.82, 2.24) is 0 Å². The van der Waals surface area contributed by atoms with Gasteiger partial charge >= 0.3 is 0 Å². The zero-order valence-corrected chi connectivity index (χ0v) is 20.9. The minimum Gasteiger partial charge on any atom is -0.507 e. The predicted molar refractivity (Wildman–Crippen MR) is 134 cm³/mol. The van der Waals surface area contributed by atoms with Crippen molar-refractivity contribution in [2.75, 3.05) is 19.8 Å². The molecule has 2 aromatic carbocycles. The SMILES string of the molecule is O=c1cc(-c2ccc(O)c(O)c2)oc2cc(O[C@H]3OC(COC4OC[C@](O)(CO)[C@H]4O)[C@H](O)C(O)=C3O)cc(O)c12. The highest BCUT2D eigenvalue weighted by molar-refractivity contribution is 5.86. The molecule has 3 heterocycles. The fraction of sp³-hybridized carbons (Fsp3) is 0.346. The Morgan fingerprint density at radius 3 is 2.39 bits per heavy atom. The number of benzene rings is 2. The van der Waals surface area contributed by atoms with Gasteiger partial charge in [-0.15, -0.1) is 0 Å². The van der Waals surface area contributed by atoms with Gasteiger partial charge in [0.25, 0.3) is 6.29 Å². The van der Waals surface area contributed by atoms with E-state index >= 15 is 0 Å². The molecule has 5 rings (SSSR count). The van der Waals surface area contributed by atoms with Gasteiger partial charge in [-0.2, -0.15) is 0 Å². The molecule has 0 spiro atoms. The van der Waals surface area contributed by atoms with E-state index in [1.807, 2.05) is 0 Å². The van der Waals surface area contributed by atoms with Crippen molar-refractivity contribution in [2.24, 2.45) is 0 Å². The summed E-state index contributed by atoms with van der Waals surface area (Å²) in [5.41, 5.74) is -2.53. The molecule has 0 bridgehead atoms. The molecule has 0 amide bonds. The lowest BCUT2D eigenvalue weighted by Crippen LogP contribution is -2.49. The van der Waals surface area contributed by atoms with Gasteiger partial charge in [0.15, 0.2) is 29.0 Å². The van der Waals surface area contributed by atoms with Crippen LogP contribution < -0.4 is 10.2 Å². The van der Waals surface area contributed by atoms with Crippen LogP contribution in [-0.4, -0.2) is 102 Å². The van der Waals surface area contributed by atoms with E-state index in [9.17, 15) is 50.8 Å². The molecule has 2 unspecified atom stereocenters. The van der Waals surface area contributed by atoms with Gasteiger partial charge < -0.3 is 69.3 Å². The molecule has 1 saturated heterocycles. The van der Waals surface area contributed by atoms with E-state index in [0.717, 1.165) is 18.2 Å². The summed E-state index contributed by atoms with van der Waals surface area (Å²) < 4.78 is 27.3. The zero-order chi connectivity index (χ0) is 29.6. The lowest BCUT2D eigenvalue weighted by Gasteiger charge is -2.33. The lowest BCUT2D eigenvalue weighted by molar-refractivity contribution is -0.219. The molecular formula is C26H26O15. The maximum Gasteiger partial charge on any atom is 0.262 e. The normalized spacial score (nSPS) is 28.3. The van der Waals surface area contributed by atoms with Crippen LogP contribution in [0, 0.1) is 0 Å². The van der Waals surface area contributed by atoms with E-state index < -0.39 is 84.8 Å². The molecular weight excluding hydrogens is 552 g/mol. The van der Waals surface area contributed by atoms with E-state index in [0.29, 0.717) is 0 Å². The summed E-state index contributed by atoms with van der Waals surface area (Å²) in [5, 5.41) is 90.0. The number of hydrogen-bond acceptors (Lipinski definition) is 15. The van der Waals surface area contributed by atoms with Crippen LogP contribution in [0.2, 0.25) is 0 Å². The Morgan fingerprint density at radius 1 is 0.951 bits per heavy atom. The summed E-state index contributed by atoms with van der Waals surface area (Å²) in [6.45, 7) is -1.78. The maximum atomic E-state index is 12.7. The molecule has 0 aliphatic carbocycles. The minimum absolute atomic E-state index is 0.0200. The third-order valence-electron chi connectivity index (χ3n) is 6.71. The van der Waals surface area contributed by atoms with Crippen LogP contribution in [0.1, 0.15) is 0 Å². The maximum absolute atomic E-state index is 12.7. The average Bonchev–Trinajstić information content (AvgIpc) is 3.23. The number of aliphatic hydroxyl groups is 6. The Kier molecular flexibility index (Phi) is 7.43. The Balaban J connectivity index is 1.38. The third-order valence-corrected chi connectivity index (χ3v) is 6.71. The number of ether oxygens (including phenoxy) is 4. The molecule has 3 aromatic rings. The number of phenolic OH excluding ortho intramolecular Hbond substituents is 3. The molecule has 6 atom stereocenters. The summed E-state index contributed by atoms with van der Waals surface area (Å²) in [4.78, 5) is 12.7. The molecule has 9 N–H and O–H groups in total. The number of rotatable bonds is 7. The van der Waals surface area contributed by atoms with Crippen molar-refractivity contribution in [3.63, 3.8) is 0 Å². The molecule has 15 nitrogen and oxygen atoms in total. The average molecular weight is 578 g/mol. The van der Waals surface area contributed by atoms with Crippen LogP contribution in [0.25, 0.3) is 22.3 Å². The monoisotopic (exact) mass is 578 g/mol. The van der Waals surface area contributed by atoms with Gasteiger partial charge in [-0.05, 0) is 18.2 Å². The molecule has 0 radical (unpaired) electrons. The number of hydrogen-bond donors (Lipinski definition) is 9. The summed E-state index contributed by atoms with van der Waals surface area (Å²) in [6.07, 6.45) is -7.98. The molecule has 2 aliphatic heterocycles. The highest BCUT2D eigenvalue weighted by Crippen LogP contribution is 2.35. The van der Waals surface area contributed by atoms with Crippen molar-refractivity contribution in [1.29, 1.82) is 0 Å². The fourth-order valence-corrected chi connectivity index (χ4v) is 4.34. The molecule has 1 aromatic heterocycles. The van der Waals surface area contributed by atoms with Gasteiger partial charge in [-0.3, -0.25) is 4.79 Å². The number of fused-ring (bicyclic) bond motifs is 1. The highest BCUT2D eigenvalue weighted by atomic mass is 16.7. The van der Waals surface area contributed by atoms with Crippen molar-refractivity contribution in [2.45, 2.75) is 36.5 Å². The summed E-state index contributed by atoms with van der Waals surface area (Å²) in [7, 11) is 0. The Hall–Kier alpha value is -4.09. The van der Waals surface area contributed by atoms with E-state index in [4.69, 9.17) is 23.4 Å². The number of aliphatic hydroxyl groups excluding tert-OH is 5. The smallest absolute Gasteiger partial charge is 0.262 e. The van der Waals surface area contributed by atoms with Gasteiger partial charge in [0.2, 0.25) is 5.76 Å². The van der Waals surface area contributed by atoms with Crippen LogP contribution in [-0.2, 0) is 14.2 Å². The van der Waals surface area contributed by atoms with Gasteiger partial charge in [-0.25, -0.2) is 0 Å². The quantitative estimate of drug-likeness (QED) is 0.165. The first kappa shape index (κ1) is 28.4. The van der Waals surface area contributed by atoms with Crippen LogP contribution >= 0.6 is 0 Å². The first-order valence-corrected chi connectivity index (χ1v) is 12.1. The van der Waals surface area contributed by atoms with E-state index in [2.05, 4.69) is 0 Å².